The molecule has 2 atom stereocenters. The molecule has 0 radical (unpaired) electrons. The number of nitrogens with one attached hydrogen (secondary N) is 1. The number of rotatable bonds is 6. The summed E-state index contributed by atoms with van der Waals surface area (Å²) >= 11 is 0. The molecular formula is C17H21NO4. The first-order chi connectivity index (χ1) is 10.6. The summed E-state index contributed by atoms with van der Waals surface area (Å²) in [5.41, 5.74) is 1.04. The fraction of sp³-hybridized carbons (Fsp3) is 0.471. The van der Waals surface area contributed by atoms with Crippen molar-refractivity contribution in [1.29, 1.82) is 0 Å². The molecule has 0 spiro atoms. The topological polar surface area (TPSA) is 83.5 Å². The summed E-state index contributed by atoms with van der Waals surface area (Å²) in [4.78, 5) is 34.9. The van der Waals surface area contributed by atoms with Crippen molar-refractivity contribution < 1.29 is 19.5 Å². The summed E-state index contributed by atoms with van der Waals surface area (Å²) < 4.78 is 0. The maximum atomic E-state index is 12.0. The Morgan fingerprint density at radius 3 is 2.64 bits per heavy atom. The van der Waals surface area contributed by atoms with E-state index in [0.29, 0.717) is 25.7 Å². The Balaban J connectivity index is 1.88. The first-order valence-electron chi connectivity index (χ1n) is 7.64. The number of hydrogen-bond donors (Lipinski definition) is 2. The lowest BCUT2D eigenvalue weighted by Gasteiger charge is -2.27. The summed E-state index contributed by atoms with van der Waals surface area (Å²) in [5, 5.41) is 11.9. The molecule has 2 rings (SSSR count). The Hall–Kier alpha value is -2.17. The molecule has 1 aliphatic rings. The van der Waals surface area contributed by atoms with Crippen LogP contribution in [0, 0.1) is 5.92 Å². The van der Waals surface area contributed by atoms with Crippen LogP contribution in [-0.4, -0.2) is 28.8 Å². The number of carbonyl (C=O) groups is 3. The van der Waals surface area contributed by atoms with E-state index in [1.807, 2.05) is 30.3 Å². The van der Waals surface area contributed by atoms with Gasteiger partial charge in [0.25, 0.3) is 0 Å². The molecule has 2 N–H and O–H groups in total. The van der Waals surface area contributed by atoms with Crippen LogP contribution < -0.4 is 5.32 Å². The van der Waals surface area contributed by atoms with Crippen LogP contribution in [0.4, 0.5) is 0 Å². The van der Waals surface area contributed by atoms with Gasteiger partial charge >= 0.3 is 5.97 Å². The van der Waals surface area contributed by atoms with Crippen molar-refractivity contribution in [3.8, 4) is 0 Å². The molecule has 0 unspecified atom stereocenters. The van der Waals surface area contributed by atoms with Crippen molar-refractivity contribution in [2.45, 2.75) is 44.6 Å². The third-order valence-electron chi connectivity index (χ3n) is 4.06. The molecule has 1 amide bonds. The molecule has 118 valence electrons. The van der Waals surface area contributed by atoms with Gasteiger partial charge in [-0.05, 0) is 30.7 Å². The highest BCUT2D eigenvalue weighted by Gasteiger charge is 2.33. The molecule has 1 saturated carbocycles. The standard InChI is InChI=1S/C17H21NO4/c19-14-8-4-7-13(11-14)16(17(21)22)18-15(20)10-9-12-5-2-1-3-6-12/h1-3,5-6,13,16H,4,7-11H2,(H,18,20)(H,21,22)/t13-,16-/m0/s1. The normalized spacial score (nSPS) is 19.5. The minimum atomic E-state index is -1.06. The Morgan fingerprint density at radius 2 is 2.00 bits per heavy atom. The summed E-state index contributed by atoms with van der Waals surface area (Å²) in [7, 11) is 0. The van der Waals surface area contributed by atoms with Crippen LogP contribution in [0.25, 0.3) is 0 Å². The second kappa shape index (κ2) is 7.73. The summed E-state index contributed by atoms with van der Waals surface area (Å²) in [6.07, 6.45) is 2.95. The highest BCUT2D eigenvalue weighted by Crippen LogP contribution is 2.24. The SMILES string of the molecule is O=C1CCC[C@H]([C@H](NC(=O)CCc2ccccc2)C(=O)O)C1. The largest absolute Gasteiger partial charge is 0.480 e. The highest BCUT2D eigenvalue weighted by molar-refractivity contribution is 5.85. The van der Waals surface area contributed by atoms with Crippen LogP contribution in [0.2, 0.25) is 0 Å². The lowest BCUT2D eigenvalue weighted by atomic mass is 9.83. The number of carboxylic acid groups (broad SMARTS) is 1. The Bertz CT molecular complexity index is 541. The van der Waals surface area contributed by atoms with Gasteiger partial charge in [-0.25, -0.2) is 4.79 Å². The van der Waals surface area contributed by atoms with Gasteiger partial charge in [0.15, 0.2) is 0 Å². The fourth-order valence-corrected chi connectivity index (χ4v) is 2.87. The van der Waals surface area contributed by atoms with Gasteiger partial charge in [-0.15, -0.1) is 0 Å². The van der Waals surface area contributed by atoms with Gasteiger partial charge in [-0.2, -0.15) is 0 Å². The van der Waals surface area contributed by atoms with E-state index in [-0.39, 0.29) is 30.4 Å². The Kier molecular flexibility index (Phi) is 5.69. The maximum absolute atomic E-state index is 12.0. The number of Topliss-reactive ketones (excluding diaryl/α,β-unsaturated/α-hetero) is 1. The minimum absolute atomic E-state index is 0.0843. The molecule has 1 aliphatic carbocycles. The molecule has 5 heteroatoms. The number of aryl methyl sites for hydroxylation is 1. The second-order valence-corrected chi connectivity index (χ2v) is 5.76. The zero-order valence-electron chi connectivity index (χ0n) is 12.5. The van der Waals surface area contributed by atoms with E-state index in [4.69, 9.17) is 0 Å². The molecule has 0 aliphatic heterocycles. The molecule has 0 heterocycles. The van der Waals surface area contributed by atoms with E-state index in [0.717, 1.165) is 5.56 Å². The monoisotopic (exact) mass is 303 g/mol. The first kappa shape index (κ1) is 16.2. The van der Waals surface area contributed by atoms with Crippen molar-refractivity contribution in [2.75, 3.05) is 0 Å². The number of hydrogen-bond acceptors (Lipinski definition) is 3. The first-order valence-corrected chi connectivity index (χ1v) is 7.64. The van der Waals surface area contributed by atoms with Gasteiger partial charge in [-0.1, -0.05) is 30.3 Å². The number of ketones is 1. The van der Waals surface area contributed by atoms with Crippen molar-refractivity contribution in [1.82, 2.24) is 5.32 Å². The third kappa shape index (κ3) is 4.69. The van der Waals surface area contributed by atoms with Gasteiger partial charge < -0.3 is 10.4 Å². The summed E-state index contributed by atoms with van der Waals surface area (Å²) in [5.74, 6) is -1.55. The van der Waals surface area contributed by atoms with Crippen LogP contribution in [0.5, 0.6) is 0 Å². The summed E-state index contributed by atoms with van der Waals surface area (Å²) in [6, 6.07) is 8.61. The Morgan fingerprint density at radius 1 is 1.27 bits per heavy atom. The van der Waals surface area contributed by atoms with E-state index in [9.17, 15) is 19.5 Å². The lowest BCUT2D eigenvalue weighted by Crippen LogP contribution is -2.47. The average molecular weight is 303 g/mol. The van der Waals surface area contributed by atoms with Crippen LogP contribution in [0.15, 0.2) is 30.3 Å². The van der Waals surface area contributed by atoms with E-state index in [1.54, 1.807) is 0 Å². The molecule has 0 bridgehead atoms. The van der Waals surface area contributed by atoms with E-state index >= 15 is 0 Å². The van der Waals surface area contributed by atoms with Crippen molar-refractivity contribution in [3.63, 3.8) is 0 Å². The zero-order valence-corrected chi connectivity index (χ0v) is 12.5. The lowest BCUT2D eigenvalue weighted by molar-refractivity contribution is -0.144. The zero-order chi connectivity index (χ0) is 15.9. The van der Waals surface area contributed by atoms with Gasteiger partial charge in [0, 0.05) is 19.3 Å². The number of aliphatic carboxylic acids is 1. The molecule has 22 heavy (non-hydrogen) atoms. The number of amides is 1. The van der Waals surface area contributed by atoms with Crippen LogP contribution in [0.1, 0.15) is 37.7 Å². The summed E-state index contributed by atoms with van der Waals surface area (Å²) in [6.45, 7) is 0. The smallest absolute Gasteiger partial charge is 0.326 e. The van der Waals surface area contributed by atoms with Crippen LogP contribution in [0.3, 0.4) is 0 Å². The average Bonchev–Trinajstić information content (AvgIpc) is 2.51. The quantitative estimate of drug-likeness (QED) is 0.841. The fourth-order valence-electron chi connectivity index (χ4n) is 2.87. The van der Waals surface area contributed by atoms with Crippen molar-refractivity contribution in [2.24, 2.45) is 5.92 Å². The van der Waals surface area contributed by atoms with Gasteiger partial charge in [0.2, 0.25) is 5.91 Å². The van der Waals surface area contributed by atoms with Crippen LogP contribution in [-0.2, 0) is 20.8 Å². The van der Waals surface area contributed by atoms with Gasteiger partial charge in [-0.3, -0.25) is 9.59 Å². The minimum Gasteiger partial charge on any atom is -0.480 e. The molecule has 1 fully saturated rings. The second-order valence-electron chi connectivity index (χ2n) is 5.76. The molecule has 0 saturated heterocycles. The molecule has 1 aromatic carbocycles. The molecule has 5 nitrogen and oxygen atoms in total. The third-order valence-corrected chi connectivity index (χ3v) is 4.06. The number of carbonyl (C=O) groups excluding carboxylic acids is 2. The van der Waals surface area contributed by atoms with E-state index in [2.05, 4.69) is 5.32 Å². The van der Waals surface area contributed by atoms with E-state index in [1.165, 1.54) is 0 Å². The highest BCUT2D eigenvalue weighted by atomic mass is 16.4. The van der Waals surface area contributed by atoms with Crippen molar-refractivity contribution in [3.05, 3.63) is 35.9 Å². The maximum Gasteiger partial charge on any atom is 0.326 e. The van der Waals surface area contributed by atoms with Crippen molar-refractivity contribution >= 4 is 17.7 Å². The van der Waals surface area contributed by atoms with Crippen LogP contribution >= 0.6 is 0 Å². The molecule has 1 aromatic rings. The Labute approximate surface area is 129 Å². The predicted molar refractivity (Wildman–Crippen MR) is 81.3 cm³/mol. The molecule has 0 aromatic heterocycles. The number of carboxylic acids is 1. The van der Waals surface area contributed by atoms with E-state index < -0.39 is 12.0 Å². The van der Waals surface area contributed by atoms with Gasteiger partial charge in [0.1, 0.15) is 11.8 Å². The number of benzene rings is 1. The van der Waals surface area contributed by atoms with Gasteiger partial charge in [0.05, 0.1) is 0 Å². The molecular weight excluding hydrogens is 282 g/mol. The predicted octanol–water partition coefficient (Wildman–Crippen LogP) is 1.95.